The molecule has 0 unspecified atom stereocenters. The number of benzene rings is 1. The standard InChI is InChI=1S/C26H37NO7/c1-23(2,3)33-21(29)26(22(30)34-24(4,5)6)17-11-9-10-12-19(17)27-25(26)14-13-16(31-7)15-18(25)20(28)32-8/h9-12,16,18,27H,13-15H2,1-8H3/t16-,18-,25-/m0/s1. The maximum Gasteiger partial charge on any atom is 0.331 e. The van der Waals surface area contributed by atoms with Crippen LogP contribution in [0.3, 0.4) is 0 Å². The summed E-state index contributed by atoms with van der Waals surface area (Å²) in [6.45, 7) is 10.5. The van der Waals surface area contributed by atoms with Crippen LogP contribution in [0.5, 0.6) is 0 Å². The SMILES string of the molecule is COC(=O)[C@@H]1C[C@@H](OC)CC[C@]12Nc1ccccc1C2(C(=O)OC(C)(C)C)C(=O)OC(C)(C)C. The van der Waals surface area contributed by atoms with Crippen molar-refractivity contribution in [3.63, 3.8) is 0 Å². The molecule has 0 radical (unpaired) electrons. The van der Waals surface area contributed by atoms with Gasteiger partial charge in [-0.05, 0) is 66.9 Å². The van der Waals surface area contributed by atoms with Crippen LogP contribution in [0.15, 0.2) is 24.3 Å². The average molecular weight is 476 g/mol. The van der Waals surface area contributed by atoms with Crippen LogP contribution in [0.25, 0.3) is 0 Å². The van der Waals surface area contributed by atoms with Crippen LogP contribution in [-0.2, 0) is 38.7 Å². The van der Waals surface area contributed by atoms with E-state index >= 15 is 0 Å². The van der Waals surface area contributed by atoms with Crippen LogP contribution in [0, 0.1) is 5.92 Å². The Hall–Kier alpha value is -2.61. The Morgan fingerprint density at radius 1 is 0.941 bits per heavy atom. The fourth-order valence-electron chi connectivity index (χ4n) is 5.27. The van der Waals surface area contributed by atoms with Gasteiger partial charge in [0.1, 0.15) is 11.2 Å². The first-order chi connectivity index (χ1) is 15.7. The highest BCUT2D eigenvalue weighted by molar-refractivity contribution is 6.13. The third kappa shape index (κ3) is 4.28. The molecule has 1 saturated carbocycles. The van der Waals surface area contributed by atoms with Crippen molar-refractivity contribution in [3.8, 4) is 0 Å². The first-order valence-electron chi connectivity index (χ1n) is 11.7. The van der Waals surface area contributed by atoms with Gasteiger partial charge in [0.05, 0.1) is 24.7 Å². The van der Waals surface area contributed by atoms with Crippen molar-refractivity contribution in [2.24, 2.45) is 5.92 Å². The van der Waals surface area contributed by atoms with Crippen LogP contribution in [0.2, 0.25) is 0 Å². The maximum absolute atomic E-state index is 14.2. The summed E-state index contributed by atoms with van der Waals surface area (Å²) >= 11 is 0. The topological polar surface area (TPSA) is 100 Å². The summed E-state index contributed by atoms with van der Waals surface area (Å²) < 4.78 is 22.6. The van der Waals surface area contributed by atoms with Crippen molar-refractivity contribution in [2.75, 3.05) is 19.5 Å². The van der Waals surface area contributed by atoms with Gasteiger partial charge in [0.25, 0.3) is 0 Å². The summed E-state index contributed by atoms with van der Waals surface area (Å²) in [6, 6.07) is 7.09. The van der Waals surface area contributed by atoms with Gasteiger partial charge in [-0.2, -0.15) is 0 Å². The highest BCUT2D eigenvalue weighted by atomic mass is 16.6. The number of methoxy groups -OCH3 is 2. The number of hydrogen-bond acceptors (Lipinski definition) is 8. The number of nitrogens with one attached hydrogen (secondary N) is 1. The minimum Gasteiger partial charge on any atom is -0.469 e. The molecule has 1 heterocycles. The fraction of sp³-hybridized carbons (Fsp3) is 0.654. The lowest BCUT2D eigenvalue weighted by atomic mass is 9.56. The molecular formula is C26H37NO7. The third-order valence-corrected chi connectivity index (χ3v) is 6.54. The van der Waals surface area contributed by atoms with Gasteiger partial charge in [0.2, 0.25) is 5.41 Å². The summed E-state index contributed by atoms with van der Waals surface area (Å²) in [5, 5.41) is 3.43. The molecule has 1 aromatic carbocycles. The number of carbonyl (C=O) groups is 3. The lowest BCUT2D eigenvalue weighted by molar-refractivity contribution is -0.185. The Bertz CT molecular complexity index is 931. The zero-order valence-electron chi connectivity index (χ0n) is 21.4. The molecule has 1 aliphatic heterocycles. The van der Waals surface area contributed by atoms with Gasteiger partial charge in [-0.15, -0.1) is 0 Å². The van der Waals surface area contributed by atoms with E-state index in [-0.39, 0.29) is 12.5 Å². The number of para-hydroxylation sites is 1. The number of anilines is 1. The Morgan fingerprint density at radius 2 is 1.50 bits per heavy atom. The second-order valence-electron chi connectivity index (χ2n) is 11.1. The molecule has 3 atom stereocenters. The normalized spacial score (nSPS) is 25.8. The lowest BCUT2D eigenvalue weighted by Crippen LogP contribution is -2.69. The molecule has 8 heteroatoms. The monoisotopic (exact) mass is 475 g/mol. The zero-order valence-corrected chi connectivity index (χ0v) is 21.4. The molecule has 1 spiro atoms. The number of hydrogen-bond donors (Lipinski definition) is 1. The molecule has 3 rings (SSSR count). The van der Waals surface area contributed by atoms with Gasteiger partial charge in [0, 0.05) is 18.4 Å². The van der Waals surface area contributed by atoms with Crippen LogP contribution >= 0.6 is 0 Å². The molecule has 1 fully saturated rings. The number of ether oxygens (including phenoxy) is 4. The smallest absolute Gasteiger partial charge is 0.331 e. The van der Waals surface area contributed by atoms with Crippen molar-refractivity contribution in [3.05, 3.63) is 29.8 Å². The first kappa shape index (κ1) is 26.0. The van der Waals surface area contributed by atoms with Crippen LogP contribution in [0.1, 0.15) is 66.4 Å². The molecule has 1 aliphatic carbocycles. The first-order valence-corrected chi connectivity index (χ1v) is 11.7. The summed E-state index contributed by atoms with van der Waals surface area (Å²) in [4.78, 5) is 41.6. The predicted molar refractivity (Wildman–Crippen MR) is 126 cm³/mol. The van der Waals surface area contributed by atoms with E-state index in [0.29, 0.717) is 24.1 Å². The largest absolute Gasteiger partial charge is 0.469 e. The zero-order chi connectivity index (χ0) is 25.5. The molecular weight excluding hydrogens is 438 g/mol. The second-order valence-corrected chi connectivity index (χ2v) is 11.1. The Morgan fingerprint density at radius 3 is 2.00 bits per heavy atom. The van der Waals surface area contributed by atoms with E-state index in [9.17, 15) is 14.4 Å². The molecule has 0 saturated heterocycles. The van der Waals surface area contributed by atoms with E-state index in [1.807, 2.05) is 6.07 Å². The average Bonchev–Trinajstić information content (AvgIpc) is 3.02. The molecule has 2 aliphatic rings. The van der Waals surface area contributed by atoms with Gasteiger partial charge in [-0.3, -0.25) is 14.4 Å². The summed E-state index contributed by atoms with van der Waals surface area (Å²) in [7, 11) is 2.89. The van der Waals surface area contributed by atoms with Gasteiger partial charge < -0.3 is 24.3 Å². The molecule has 8 nitrogen and oxygen atoms in total. The summed E-state index contributed by atoms with van der Waals surface area (Å²) in [6.07, 6.45) is 0.865. The molecule has 0 bridgehead atoms. The minimum atomic E-state index is -1.93. The second kappa shape index (κ2) is 8.87. The van der Waals surface area contributed by atoms with E-state index in [4.69, 9.17) is 18.9 Å². The summed E-state index contributed by atoms with van der Waals surface area (Å²) in [5.41, 5.74) is -4.03. The fourth-order valence-corrected chi connectivity index (χ4v) is 5.27. The van der Waals surface area contributed by atoms with Crippen LogP contribution in [0.4, 0.5) is 5.69 Å². The third-order valence-electron chi connectivity index (χ3n) is 6.54. The van der Waals surface area contributed by atoms with Crippen molar-refractivity contribution in [2.45, 2.75) is 89.1 Å². The van der Waals surface area contributed by atoms with Gasteiger partial charge in [-0.25, -0.2) is 0 Å². The minimum absolute atomic E-state index is 0.227. The molecule has 1 N–H and O–H groups in total. The van der Waals surface area contributed by atoms with E-state index < -0.39 is 46.0 Å². The quantitative estimate of drug-likeness (QED) is 0.399. The van der Waals surface area contributed by atoms with E-state index in [0.717, 1.165) is 0 Å². The Labute approximate surface area is 201 Å². The molecule has 34 heavy (non-hydrogen) atoms. The summed E-state index contributed by atoms with van der Waals surface area (Å²) in [5.74, 6) is -2.91. The van der Waals surface area contributed by atoms with Crippen LogP contribution in [-0.4, -0.2) is 55.0 Å². The van der Waals surface area contributed by atoms with Gasteiger partial charge in [0.15, 0.2) is 0 Å². The van der Waals surface area contributed by atoms with Gasteiger partial charge in [-0.1, -0.05) is 18.2 Å². The number of fused-ring (bicyclic) bond motifs is 1. The lowest BCUT2D eigenvalue weighted by Gasteiger charge is -2.50. The van der Waals surface area contributed by atoms with E-state index in [1.54, 1.807) is 66.9 Å². The molecule has 188 valence electrons. The predicted octanol–water partition coefficient (Wildman–Crippen LogP) is 3.76. The van der Waals surface area contributed by atoms with Gasteiger partial charge >= 0.3 is 17.9 Å². The number of esters is 3. The van der Waals surface area contributed by atoms with Crippen LogP contribution < -0.4 is 5.32 Å². The molecule has 0 amide bonds. The van der Waals surface area contributed by atoms with Crippen molar-refractivity contribution in [1.82, 2.24) is 0 Å². The number of carbonyl (C=O) groups excluding carboxylic acids is 3. The highest BCUT2D eigenvalue weighted by Crippen LogP contribution is 2.58. The van der Waals surface area contributed by atoms with E-state index in [1.165, 1.54) is 7.11 Å². The Kier molecular flexibility index (Phi) is 6.79. The maximum atomic E-state index is 14.2. The van der Waals surface area contributed by atoms with E-state index in [2.05, 4.69) is 5.32 Å². The highest BCUT2D eigenvalue weighted by Gasteiger charge is 2.74. The Balaban J connectivity index is 2.36. The van der Waals surface area contributed by atoms with Crippen molar-refractivity contribution in [1.29, 1.82) is 0 Å². The van der Waals surface area contributed by atoms with Crippen molar-refractivity contribution >= 4 is 23.6 Å². The number of rotatable bonds is 4. The molecule has 0 aromatic heterocycles. The molecule has 1 aromatic rings. The van der Waals surface area contributed by atoms with Crippen molar-refractivity contribution < 1.29 is 33.3 Å².